The van der Waals surface area contributed by atoms with Crippen LogP contribution >= 0.6 is 0 Å². The molecule has 0 saturated carbocycles. The van der Waals surface area contributed by atoms with Crippen molar-refractivity contribution in [1.29, 1.82) is 0 Å². The SMILES string of the molecule is C[O][Sb]([CH3])([CH3])([CH3])[O]C. The van der Waals surface area contributed by atoms with Gasteiger partial charge in [-0.1, -0.05) is 0 Å². The number of rotatable bonds is 2. The average Bonchev–Trinajstić information content (AvgIpc) is 1.68. The van der Waals surface area contributed by atoms with E-state index < -0.39 is 18.2 Å². The third-order valence-electron chi connectivity index (χ3n) is 1.24. The van der Waals surface area contributed by atoms with E-state index >= 15 is 0 Å². The fourth-order valence-corrected chi connectivity index (χ4v) is 0.500. The molecular formula is C5H15O2Sb. The van der Waals surface area contributed by atoms with E-state index in [1.807, 2.05) is 0 Å². The third kappa shape index (κ3) is 2.91. The molecule has 0 N–H and O–H groups in total. The van der Waals surface area contributed by atoms with Crippen LogP contribution in [0.25, 0.3) is 0 Å². The van der Waals surface area contributed by atoms with Crippen LogP contribution in [0.2, 0.25) is 14.6 Å². The molecule has 52 valence electrons. The Labute approximate surface area is 53.3 Å². The molecule has 0 spiro atoms. The Kier molecular flexibility index (Phi) is 2.37. The van der Waals surface area contributed by atoms with Gasteiger partial charge in [-0.15, -0.1) is 0 Å². The van der Waals surface area contributed by atoms with Gasteiger partial charge in [-0.3, -0.25) is 0 Å². The molecule has 0 heterocycles. The van der Waals surface area contributed by atoms with Gasteiger partial charge in [0.25, 0.3) is 0 Å². The van der Waals surface area contributed by atoms with Gasteiger partial charge in [0.05, 0.1) is 0 Å². The summed E-state index contributed by atoms with van der Waals surface area (Å²) in [7, 11) is 3.43. The van der Waals surface area contributed by atoms with Crippen LogP contribution in [0.4, 0.5) is 0 Å². The molecule has 0 atom stereocenters. The van der Waals surface area contributed by atoms with Crippen LogP contribution in [0.3, 0.4) is 0 Å². The number of hydrogen-bond donors (Lipinski definition) is 0. The molecule has 0 saturated heterocycles. The van der Waals surface area contributed by atoms with Crippen molar-refractivity contribution in [3.8, 4) is 0 Å². The molecule has 0 unspecified atom stereocenters. The van der Waals surface area contributed by atoms with Crippen LogP contribution < -0.4 is 0 Å². The molecule has 0 aliphatic rings. The summed E-state index contributed by atoms with van der Waals surface area (Å²) in [6.07, 6.45) is 0. The maximum atomic E-state index is 5.25. The fraction of sp³-hybridized carbons (Fsp3) is 1.00. The van der Waals surface area contributed by atoms with E-state index in [2.05, 4.69) is 14.6 Å². The van der Waals surface area contributed by atoms with Gasteiger partial charge in [0, 0.05) is 0 Å². The fourth-order valence-electron chi connectivity index (χ4n) is 0.0745. The molecule has 0 bridgehead atoms. The molecule has 3 heteroatoms. The molecule has 0 aromatic heterocycles. The molecule has 0 radical (unpaired) electrons. The van der Waals surface area contributed by atoms with Crippen molar-refractivity contribution in [3.63, 3.8) is 0 Å². The molecule has 2 nitrogen and oxygen atoms in total. The summed E-state index contributed by atoms with van der Waals surface area (Å²) >= 11 is -2.80. The molecular weight excluding hydrogens is 214 g/mol. The Morgan fingerprint density at radius 2 is 1.12 bits per heavy atom. The van der Waals surface area contributed by atoms with E-state index in [0.717, 1.165) is 0 Å². The van der Waals surface area contributed by atoms with Gasteiger partial charge < -0.3 is 0 Å². The summed E-state index contributed by atoms with van der Waals surface area (Å²) in [5.74, 6) is 0. The second kappa shape index (κ2) is 2.17. The first-order valence-electron chi connectivity index (χ1n) is 2.52. The zero-order valence-corrected chi connectivity index (χ0v) is 8.82. The van der Waals surface area contributed by atoms with Crippen LogP contribution in [0.5, 0.6) is 0 Å². The second-order valence-electron chi connectivity index (χ2n) is 2.88. The predicted octanol–water partition coefficient (Wildman–Crippen LogP) is 1.56. The van der Waals surface area contributed by atoms with Crippen LogP contribution in [0.15, 0.2) is 0 Å². The zero-order chi connectivity index (χ0) is 6.86. The van der Waals surface area contributed by atoms with Crippen molar-refractivity contribution in [2.75, 3.05) is 14.2 Å². The van der Waals surface area contributed by atoms with Crippen molar-refractivity contribution in [1.82, 2.24) is 0 Å². The zero-order valence-electron chi connectivity index (χ0n) is 6.26. The summed E-state index contributed by atoms with van der Waals surface area (Å²) in [6, 6.07) is 0. The van der Waals surface area contributed by atoms with E-state index in [0.29, 0.717) is 0 Å². The summed E-state index contributed by atoms with van der Waals surface area (Å²) in [4.78, 5) is 6.23. The van der Waals surface area contributed by atoms with Gasteiger partial charge in [-0.25, -0.2) is 0 Å². The quantitative estimate of drug-likeness (QED) is 0.669. The van der Waals surface area contributed by atoms with Crippen LogP contribution in [-0.4, -0.2) is 32.5 Å². The van der Waals surface area contributed by atoms with Gasteiger partial charge in [0.2, 0.25) is 0 Å². The van der Waals surface area contributed by atoms with E-state index in [-0.39, 0.29) is 0 Å². The van der Waals surface area contributed by atoms with E-state index in [4.69, 9.17) is 6.03 Å². The molecule has 0 amide bonds. The molecule has 0 aliphatic heterocycles. The van der Waals surface area contributed by atoms with Crippen LogP contribution in [-0.2, 0) is 6.03 Å². The summed E-state index contributed by atoms with van der Waals surface area (Å²) in [6.45, 7) is 0. The Bertz CT molecular complexity index is 74.2. The normalized spacial score (nSPS) is 17.4. The molecule has 0 fully saturated rings. The van der Waals surface area contributed by atoms with Gasteiger partial charge in [-0.05, 0) is 0 Å². The van der Waals surface area contributed by atoms with Crippen molar-refractivity contribution in [3.05, 3.63) is 0 Å². The molecule has 0 aromatic rings. The predicted molar refractivity (Wildman–Crippen MR) is 37.4 cm³/mol. The standard InChI is InChI=1S/2CH3O.3CH3.Sb/c2*1-2;;;;/h2*1H3;3*1H3;/q2*-1;;;;+2. The average molecular weight is 229 g/mol. The summed E-state index contributed by atoms with van der Waals surface area (Å²) < 4.78 is 10.5. The van der Waals surface area contributed by atoms with E-state index in [1.54, 1.807) is 14.2 Å². The second-order valence-corrected chi connectivity index (χ2v) is 19.3. The van der Waals surface area contributed by atoms with Gasteiger partial charge >= 0.3 is 53.1 Å². The minimum atomic E-state index is -2.80. The van der Waals surface area contributed by atoms with Crippen LogP contribution in [0.1, 0.15) is 0 Å². The van der Waals surface area contributed by atoms with Crippen LogP contribution in [0, 0.1) is 0 Å². The van der Waals surface area contributed by atoms with Crippen molar-refractivity contribution >= 4 is 18.2 Å². The van der Waals surface area contributed by atoms with Gasteiger partial charge in [0.15, 0.2) is 0 Å². The monoisotopic (exact) mass is 228 g/mol. The van der Waals surface area contributed by atoms with E-state index in [1.165, 1.54) is 0 Å². The Morgan fingerprint density at radius 3 is 1.12 bits per heavy atom. The molecule has 0 rings (SSSR count). The number of hydrogen-bond acceptors (Lipinski definition) is 2. The first kappa shape index (κ1) is 8.74. The van der Waals surface area contributed by atoms with Gasteiger partial charge in [0.1, 0.15) is 0 Å². The first-order valence-corrected chi connectivity index (χ1v) is 12.3. The van der Waals surface area contributed by atoms with E-state index in [9.17, 15) is 0 Å². The van der Waals surface area contributed by atoms with Gasteiger partial charge in [-0.2, -0.15) is 0 Å². The van der Waals surface area contributed by atoms with Crippen molar-refractivity contribution in [2.24, 2.45) is 0 Å². The minimum absolute atomic E-state index is 1.71. The maximum absolute atomic E-state index is 5.25. The molecule has 0 aromatic carbocycles. The Morgan fingerprint density at radius 1 is 0.875 bits per heavy atom. The molecule has 0 aliphatic carbocycles. The summed E-state index contributed by atoms with van der Waals surface area (Å²) in [5.41, 5.74) is 0. The summed E-state index contributed by atoms with van der Waals surface area (Å²) in [5, 5.41) is 0. The Balaban J connectivity index is 3.99. The van der Waals surface area contributed by atoms with Crippen molar-refractivity contribution < 1.29 is 6.03 Å². The molecule has 8 heavy (non-hydrogen) atoms. The Hall–Kier alpha value is 0.738. The topological polar surface area (TPSA) is 18.5 Å². The first-order chi connectivity index (χ1) is 3.39. The van der Waals surface area contributed by atoms with Crippen molar-refractivity contribution in [2.45, 2.75) is 14.6 Å². The third-order valence-corrected chi connectivity index (χ3v) is 8.35.